The van der Waals surface area contributed by atoms with Crippen molar-refractivity contribution in [2.24, 2.45) is 22.1 Å². The Morgan fingerprint density at radius 3 is 1.09 bits per heavy atom. The molecule has 2 heterocycles. The molecule has 2 aromatic heterocycles. The molecular weight excluding hydrogens is 1360 g/mol. The molecule has 550 valence electrons. The SMILES string of the molecule is CCCCC(CC)Cn1c2ccc(/C(=N/O)c3ccccc3OCC(F)(F)C(F)(F)C(F)(F)C(F)(F)COc3ccccc3/C(=N\O)c3ccc4c(c3)c3cc(C(=O)c5c(C)cc(C)cc5C)c5ccccc5c3n4CC(CC)CCCC)cc2c2cc(C(=O)c3c(C)cc(C)cc3C)c3ccccc3c21. The lowest BCUT2D eigenvalue weighted by Crippen LogP contribution is -2.65. The summed E-state index contributed by atoms with van der Waals surface area (Å²) >= 11 is 0. The number of rotatable bonds is 29. The van der Waals surface area contributed by atoms with Crippen LogP contribution < -0.4 is 9.47 Å². The summed E-state index contributed by atoms with van der Waals surface area (Å²) in [6.07, 6.45) is 7.59. The largest absolute Gasteiger partial charge is 0.486 e. The minimum absolute atomic E-state index is 0.167. The maximum absolute atomic E-state index is 16.2. The molecule has 10 nitrogen and oxygen atoms in total. The molecule has 0 fully saturated rings. The summed E-state index contributed by atoms with van der Waals surface area (Å²) in [5.74, 6) is -26.9. The summed E-state index contributed by atoms with van der Waals surface area (Å²) < 4.78 is 144. The zero-order valence-electron chi connectivity index (χ0n) is 61.1. The summed E-state index contributed by atoms with van der Waals surface area (Å²) in [7, 11) is 0. The van der Waals surface area contributed by atoms with E-state index in [-0.39, 0.29) is 57.1 Å². The zero-order valence-corrected chi connectivity index (χ0v) is 61.1. The van der Waals surface area contributed by atoms with Crippen LogP contribution in [0, 0.1) is 53.4 Å². The molecule has 2 unspecified atom stereocenters. The summed E-state index contributed by atoms with van der Waals surface area (Å²) in [4.78, 5) is 29.9. The van der Waals surface area contributed by atoms with Gasteiger partial charge in [-0.3, -0.25) is 9.59 Å². The van der Waals surface area contributed by atoms with E-state index in [4.69, 9.17) is 9.47 Å². The fourth-order valence-electron chi connectivity index (χ4n) is 15.8. The molecule has 2 atom stereocenters. The third kappa shape index (κ3) is 13.7. The molecule has 10 aromatic carbocycles. The Balaban J connectivity index is 0.837. The van der Waals surface area contributed by atoms with Crippen LogP contribution in [-0.2, 0) is 13.1 Å². The van der Waals surface area contributed by atoms with Gasteiger partial charge in [0.05, 0.1) is 11.0 Å². The minimum atomic E-state index is -6.82. The molecule has 2 N–H and O–H groups in total. The van der Waals surface area contributed by atoms with Gasteiger partial charge in [0.25, 0.3) is 0 Å². The number of aromatic nitrogens is 2. The van der Waals surface area contributed by atoms with E-state index in [1.807, 2.05) is 126 Å². The van der Waals surface area contributed by atoms with Crippen molar-refractivity contribution in [3.8, 4) is 11.5 Å². The second-order valence-electron chi connectivity index (χ2n) is 28.5. The number of hydrogen-bond acceptors (Lipinski definition) is 8. The average molecular weight is 1450 g/mol. The number of unbranched alkanes of at least 4 members (excludes halogenated alkanes) is 2. The molecule has 0 radical (unpaired) electrons. The Bertz CT molecular complexity index is 5080. The first-order valence-corrected chi connectivity index (χ1v) is 36.3. The van der Waals surface area contributed by atoms with E-state index in [0.717, 1.165) is 140 Å². The molecular formula is C88H86F8N4O6. The fraction of sp³-hybridized carbons (Fsp3) is 0.318. The lowest BCUT2D eigenvalue weighted by molar-refractivity contribution is -0.371. The number of ketones is 2. The maximum Gasteiger partial charge on any atom is 0.381 e. The molecule has 106 heavy (non-hydrogen) atoms. The van der Waals surface area contributed by atoms with Crippen molar-refractivity contribution in [1.29, 1.82) is 0 Å². The number of oxime groups is 2. The quantitative estimate of drug-likeness (QED) is 0.0158. The van der Waals surface area contributed by atoms with Gasteiger partial charge in [-0.25, -0.2) is 0 Å². The van der Waals surface area contributed by atoms with Gasteiger partial charge in [0.1, 0.15) is 22.9 Å². The monoisotopic (exact) mass is 1450 g/mol. The van der Waals surface area contributed by atoms with Crippen LogP contribution in [0.2, 0.25) is 0 Å². The van der Waals surface area contributed by atoms with Gasteiger partial charge in [-0.2, -0.15) is 35.1 Å². The first kappa shape index (κ1) is 75.3. The topological polar surface area (TPSA) is 128 Å². The highest BCUT2D eigenvalue weighted by molar-refractivity contribution is 6.29. The Morgan fingerprint density at radius 2 is 0.755 bits per heavy atom. The van der Waals surface area contributed by atoms with Gasteiger partial charge < -0.3 is 29.0 Å². The second kappa shape index (κ2) is 30.2. The number of nitrogens with zero attached hydrogens (tertiary/aromatic N) is 4. The molecule has 12 aromatic rings. The van der Waals surface area contributed by atoms with Gasteiger partial charge in [0.2, 0.25) is 0 Å². The molecule has 0 aliphatic carbocycles. The van der Waals surface area contributed by atoms with Crippen LogP contribution in [0.1, 0.15) is 167 Å². The molecule has 0 aliphatic heterocycles. The lowest BCUT2D eigenvalue weighted by Gasteiger charge is -2.36. The lowest BCUT2D eigenvalue weighted by atomic mass is 9.89. The molecule has 0 aliphatic rings. The van der Waals surface area contributed by atoms with Crippen LogP contribution in [0.25, 0.3) is 65.2 Å². The number of aryl methyl sites for hydroxylation is 6. The van der Waals surface area contributed by atoms with E-state index >= 15 is 35.1 Å². The maximum atomic E-state index is 16.2. The van der Waals surface area contributed by atoms with Crippen molar-refractivity contribution in [2.45, 2.75) is 157 Å². The van der Waals surface area contributed by atoms with Gasteiger partial charge >= 0.3 is 23.7 Å². The van der Waals surface area contributed by atoms with Crippen molar-refractivity contribution in [2.75, 3.05) is 13.2 Å². The highest BCUT2D eigenvalue weighted by Crippen LogP contribution is 2.53. The van der Waals surface area contributed by atoms with E-state index < -0.39 is 48.4 Å². The highest BCUT2D eigenvalue weighted by atomic mass is 19.4. The first-order valence-electron chi connectivity index (χ1n) is 36.3. The van der Waals surface area contributed by atoms with Crippen LogP contribution in [-0.4, -0.2) is 79.4 Å². The van der Waals surface area contributed by atoms with Gasteiger partial charge in [0, 0.05) is 101 Å². The predicted octanol–water partition coefficient (Wildman–Crippen LogP) is 23.4. The zero-order chi connectivity index (χ0) is 75.9. The van der Waals surface area contributed by atoms with Gasteiger partial charge in [-0.05, 0) is 160 Å². The predicted molar refractivity (Wildman–Crippen MR) is 407 cm³/mol. The second-order valence-corrected chi connectivity index (χ2v) is 28.5. The first-order chi connectivity index (χ1) is 50.6. The van der Waals surface area contributed by atoms with E-state index in [2.05, 4.69) is 47.1 Å². The molecule has 0 bridgehead atoms. The molecule has 0 spiro atoms. The third-order valence-electron chi connectivity index (χ3n) is 21.2. The number of ether oxygens (including phenoxy) is 2. The summed E-state index contributed by atoms with van der Waals surface area (Å²) in [5, 5.41) is 34.4. The Kier molecular flexibility index (Phi) is 21.5. The van der Waals surface area contributed by atoms with Gasteiger partial charge in [-0.15, -0.1) is 0 Å². The highest BCUT2D eigenvalue weighted by Gasteiger charge is 2.81. The van der Waals surface area contributed by atoms with Gasteiger partial charge in [-0.1, -0.05) is 197 Å². The minimum Gasteiger partial charge on any atom is -0.486 e. The standard InChI is InChI=1S/C88H86F8N4O6/c1-11-15-25-57(13-3)47-99-73-37-35-59(43-67(73)69-45-71(61-27-17-19-29-63(61)81(69)99)83(101)77-53(7)39-51(5)40-54(77)8)79(97-103)65-31-21-23-33-75(65)105-49-85(89,90)87(93,94)88(95,96)86(91,92)50-106-76-34-24-22-32-66(76)80(98-104)60-36-38-74-68(44-60)70-46-72(84(102)78-55(9)41-52(6)42-56(78)10)62-28-18-20-30-64(62)82(70)100(74)48-58(14-4)26-16-12-2/h17-24,27-46,57-58,103-104H,11-16,25-26,47-50H2,1-10H3/b97-79-,98-80-. The number of hydrogen-bond donors (Lipinski definition) is 2. The van der Waals surface area contributed by atoms with E-state index in [1.165, 1.54) is 36.4 Å². The van der Waals surface area contributed by atoms with Crippen LogP contribution in [0.3, 0.4) is 0 Å². The average Bonchev–Trinajstić information content (AvgIpc) is 1.46. The molecule has 0 saturated carbocycles. The number of halogens is 8. The Labute approximate surface area is 610 Å². The van der Waals surface area contributed by atoms with Crippen molar-refractivity contribution in [3.63, 3.8) is 0 Å². The molecule has 18 heteroatoms. The summed E-state index contributed by atoms with van der Waals surface area (Å²) in [6.45, 7) is 16.1. The van der Waals surface area contributed by atoms with Crippen molar-refractivity contribution in [3.05, 3.63) is 248 Å². The van der Waals surface area contributed by atoms with Crippen LogP contribution >= 0.6 is 0 Å². The number of carbonyl (C=O) groups is 2. The van der Waals surface area contributed by atoms with Crippen LogP contribution in [0.5, 0.6) is 11.5 Å². The normalized spacial score (nSPS) is 13.5. The molecule has 12 rings (SSSR count). The van der Waals surface area contributed by atoms with E-state index in [1.54, 1.807) is 36.4 Å². The van der Waals surface area contributed by atoms with E-state index in [0.29, 0.717) is 56.9 Å². The summed E-state index contributed by atoms with van der Waals surface area (Å²) in [6, 6.07) is 47.0. The smallest absolute Gasteiger partial charge is 0.381 e. The van der Waals surface area contributed by atoms with E-state index in [9.17, 15) is 20.0 Å². The van der Waals surface area contributed by atoms with Crippen LogP contribution in [0.4, 0.5) is 35.1 Å². The van der Waals surface area contributed by atoms with Crippen molar-refractivity contribution >= 4 is 88.1 Å². The van der Waals surface area contributed by atoms with Crippen molar-refractivity contribution in [1.82, 2.24) is 9.13 Å². The Morgan fingerprint density at radius 1 is 0.415 bits per heavy atom. The van der Waals surface area contributed by atoms with Gasteiger partial charge in [0.15, 0.2) is 24.8 Å². The number of alkyl halides is 8. The van der Waals surface area contributed by atoms with Crippen molar-refractivity contribution < 1.29 is 64.6 Å². The summed E-state index contributed by atoms with van der Waals surface area (Å²) in [5.41, 5.74) is 9.55. The Hall–Kier alpha value is -10.4. The molecule has 0 saturated heterocycles. The number of carbonyl (C=O) groups excluding carboxylic acids is 2. The molecule has 0 amide bonds. The fourth-order valence-corrected chi connectivity index (χ4v) is 15.8. The van der Waals surface area contributed by atoms with Crippen LogP contribution in [0.15, 0.2) is 180 Å². The number of fused-ring (bicyclic) bond motifs is 10. The number of para-hydroxylation sites is 2. The number of benzene rings is 10. The third-order valence-corrected chi connectivity index (χ3v) is 21.2.